The average molecular weight is 512 g/mol. The number of nitrogens with zero attached hydrogens (tertiary/aromatic N) is 4. The number of nitro groups is 1. The molecule has 4 aromatic rings. The third kappa shape index (κ3) is 6.05. The smallest absolute Gasteiger partial charge is 0.433 e. The summed E-state index contributed by atoms with van der Waals surface area (Å²) >= 11 is 0. The maximum atomic E-state index is 13.1. The lowest BCUT2D eigenvalue weighted by Crippen LogP contribution is -2.24. The van der Waals surface area contributed by atoms with Gasteiger partial charge >= 0.3 is 11.9 Å². The lowest BCUT2D eigenvalue weighted by molar-refractivity contribution is -0.385. The summed E-state index contributed by atoms with van der Waals surface area (Å²) in [7, 11) is 0. The van der Waals surface area contributed by atoms with Gasteiger partial charge in [0.2, 0.25) is 0 Å². The molecule has 1 N–H and O–H groups in total. The van der Waals surface area contributed by atoms with E-state index in [-0.39, 0.29) is 23.9 Å². The molecule has 2 aromatic carbocycles. The number of nitro benzene ring substituents is 1. The number of hydrogen-bond acceptors (Lipinski definition) is 6. The molecule has 192 valence electrons. The molecule has 0 atom stereocenters. The van der Waals surface area contributed by atoms with E-state index in [0.29, 0.717) is 17.1 Å². The second-order valence-electron chi connectivity index (χ2n) is 9.24. The van der Waals surface area contributed by atoms with Gasteiger partial charge in [-0.1, -0.05) is 36.4 Å². The van der Waals surface area contributed by atoms with Gasteiger partial charge in [-0.2, -0.15) is 18.3 Å². The molecule has 4 rings (SSSR count). The van der Waals surface area contributed by atoms with Crippen molar-refractivity contribution in [3.05, 3.63) is 94.2 Å². The summed E-state index contributed by atoms with van der Waals surface area (Å²) in [5.41, 5.74) is 0.0757. The van der Waals surface area contributed by atoms with Crippen LogP contribution in [0.25, 0.3) is 11.3 Å². The van der Waals surface area contributed by atoms with Gasteiger partial charge in [0.05, 0.1) is 16.2 Å². The molecular weight excluding hydrogens is 487 g/mol. The van der Waals surface area contributed by atoms with Gasteiger partial charge in [0.15, 0.2) is 5.75 Å². The second kappa shape index (κ2) is 9.92. The molecule has 0 bridgehead atoms. The van der Waals surface area contributed by atoms with Gasteiger partial charge in [0, 0.05) is 17.7 Å². The predicted octanol–water partition coefficient (Wildman–Crippen LogP) is 6.95. The van der Waals surface area contributed by atoms with Crippen molar-refractivity contribution in [1.82, 2.24) is 14.8 Å². The molecule has 0 amide bonds. The van der Waals surface area contributed by atoms with E-state index in [0.717, 1.165) is 11.6 Å². The zero-order valence-corrected chi connectivity index (χ0v) is 20.3. The van der Waals surface area contributed by atoms with Crippen LogP contribution in [-0.2, 0) is 18.3 Å². The van der Waals surface area contributed by atoms with Crippen LogP contribution >= 0.6 is 0 Å². The van der Waals surface area contributed by atoms with Crippen LogP contribution in [0.2, 0.25) is 0 Å². The molecule has 0 saturated carbocycles. The highest BCUT2D eigenvalue weighted by Gasteiger charge is 2.32. The van der Waals surface area contributed by atoms with Crippen LogP contribution in [-0.4, -0.2) is 19.7 Å². The number of ether oxygens (including phenoxy) is 1. The van der Waals surface area contributed by atoms with E-state index in [1.807, 2.05) is 51.1 Å². The van der Waals surface area contributed by atoms with E-state index < -0.39 is 22.3 Å². The van der Waals surface area contributed by atoms with Crippen molar-refractivity contribution in [2.24, 2.45) is 0 Å². The number of benzene rings is 2. The molecular formula is C26H24F3N5O3. The van der Waals surface area contributed by atoms with E-state index in [9.17, 15) is 23.3 Å². The van der Waals surface area contributed by atoms with E-state index >= 15 is 0 Å². The number of pyridine rings is 1. The normalized spacial score (nSPS) is 11.8. The Labute approximate surface area is 210 Å². The third-order valence-electron chi connectivity index (χ3n) is 5.33. The molecule has 0 aliphatic carbocycles. The number of rotatable bonds is 7. The molecule has 0 saturated heterocycles. The molecule has 0 aliphatic heterocycles. The Kier molecular flexibility index (Phi) is 6.88. The fourth-order valence-electron chi connectivity index (χ4n) is 3.59. The van der Waals surface area contributed by atoms with E-state index in [2.05, 4.69) is 15.4 Å². The quantitative estimate of drug-likeness (QED) is 0.213. The highest BCUT2D eigenvalue weighted by Crippen LogP contribution is 2.35. The summed E-state index contributed by atoms with van der Waals surface area (Å²) in [4.78, 5) is 14.7. The Morgan fingerprint density at radius 2 is 1.73 bits per heavy atom. The van der Waals surface area contributed by atoms with Crippen molar-refractivity contribution in [2.45, 2.75) is 39.1 Å². The van der Waals surface area contributed by atoms with Crippen molar-refractivity contribution in [3.8, 4) is 17.0 Å². The predicted molar refractivity (Wildman–Crippen MR) is 133 cm³/mol. The first kappa shape index (κ1) is 25.7. The Balaban J connectivity index is 1.70. The summed E-state index contributed by atoms with van der Waals surface area (Å²) in [5.74, 6) is 0.479. The fourth-order valence-corrected chi connectivity index (χ4v) is 3.59. The van der Waals surface area contributed by atoms with E-state index in [1.165, 1.54) is 24.3 Å². The van der Waals surface area contributed by atoms with E-state index in [4.69, 9.17) is 4.74 Å². The fraction of sp³-hybridized carbons (Fsp3) is 0.231. The third-order valence-corrected chi connectivity index (χ3v) is 5.33. The number of anilines is 2. The minimum absolute atomic E-state index is 0.00218. The summed E-state index contributed by atoms with van der Waals surface area (Å²) in [6.07, 6.45) is -4.58. The van der Waals surface area contributed by atoms with Crippen molar-refractivity contribution in [3.63, 3.8) is 0 Å². The molecule has 0 spiro atoms. The molecule has 0 radical (unpaired) electrons. The molecule has 11 heteroatoms. The van der Waals surface area contributed by atoms with Crippen molar-refractivity contribution in [1.29, 1.82) is 0 Å². The van der Waals surface area contributed by atoms with Gasteiger partial charge in [0.1, 0.15) is 23.9 Å². The first-order chi connectivity index (χ1) is 17.4. The minimum atomic E-state index is -4.58. The Morgan fingerprint density at radius 3 is 2.38 bits per heavy atom. The number of alkyl halides is 3. The Hall–Kier alpha value is -4.41. The van der Waals surface area contributed by atoms with Gasteiger partial charge in [-0.05, 0) is 50.6 Å². The van der Waals surface area contributed by atoms with Crippen molar-refractivity contribution >= 4 is 17.3 Å². The zero-order valence-electron chi connectivity index (χ0n) is 20.3. The van der Waals surface area contributed by atoms with Gasteiger partial charge in [0.25, 0.3) is 0 Å². The molecule has 8 nitrogen and oxygen atoms in total. The van der Waals surface area contributed by atoms with Crippen LogP contribution in [0, 0.1) is 10.1 Å². The van der Waals surface area contributed by atoms with Gasteiger partial charge < -0.3 is 10.1 Å². The Morgan fingerprint density at radius 1 is 1.00 bits per heavy atom. The van der Waals surface area contributed by atoms with E-state index in [1.54, 1.807) is 16.8 Å². The first-order valence-electron chi connectivity index (χ1n) is 11.3. The number of halogens is 3. The van der Waals surface area contributed by atoms with Gasteiger partial charge in [-0.25, -0.2) is 9.67 Å². The number of hydrogen-bond donors (Lipinski definition) is 1. The van der Waals surface area contributed by atoms with Gasteiger partial charge in [-0.15, -0.1) is 0 Å². The molecule has 0 unspecified atom stereocenters. The van der Waals surface area contributed by atoms with Crippen LogP contribution in [0.15, 0.2) is 72.8 Å². The van der Waals surface area contributed by atoms with Crippen LogP contribution < -0.4 is 10.1 Å². The highest BCUT2D eigenvalue weighted by atomic mass is 19.4. The van der Waals surface area contributed by atoms with Crippen LogP contribution in [0.4, 0.5) is 30.5 Å². The number of nitrogens with one attached hydrogen (secondary N) is 1. The SMILES string of the molecule is CC(C)(C)n1nc(-c2ccc([N+](=O)[O-])c(OCc3ccccc3)c2)cc1Nc1cccc(C(F)(F)F)n1. The molecule has 0 fully saturated rings. The average Bonchev–Trinajstić information content (AvgIpc) is 3.27. The van der Waals surface area contributed by atoms with Crippen LogP contribution in [0.3, 0.4) is 0 Å². The first-order valence-corrected chi connectivity index (χ1v) is 11.3. The molecule has 2 aromatic heterocycles. The molecule has 0 aliphatic rings. The van der Waals surface area contributed by atoms with Crippen LogP contribution in [0.1, 0.15) is 32.0 Å². The van der Waals surface area contributed by atoms with Crippen molar-refractivity contribution < 1.29 is 22.8 Å². The maximum absolute atomic E-state index is 13.1. The standard InChI is InChI=1S/C26H24F3N5O3/c1-25(2,3)33-24(31-23-11-7-10-22(30-23)26(27,28)29)15-19(32-33)18-12-13-20(34(35)36)21(14-18)37-16-17-8-5-4-6-9-17/h4-15H,16H2,1-3H3,(H,30,31). The van der Waals surface area contributed by atoms with Gasteiger partial charge in [-0.3, -0.25) is 10.1 Å². The largest absolute Gasteiger partial charge is 0.482 e. The van der Waals surface area contributed by atoms with Crippen LogP contribution in [0.5, 0.6) is 5.75 Å². The lowest BCUT2D eigenvalue weighted by Gasteiger charge is -2.22. The van der Waals surface area contributed by atoms with Crippen molar-refractivity contribution in [2.75, 3.05) is 5.32 Å². The summed E-state index contributed by atoms with van der Waals surface area (Å²) < 4.78 is 46.8. The monoisotopic (exact) mass is 511 g/mol. The Bertz CT molecular complexity index is 1410. The summed E-state index contributed by atoms with van der Waals surface area (Å²) in [6.45, 7) is 5.80. The zero-order chi connectivity index (χ0) is 26.8. The second-order valence-corrected chi connectivity index (χ2v) is 9.24. The lowest BCUT2D eigenvalue weighted by atomic mass is 10.1. The number of aromatic nitrogens is 3. The highest BCUT2D eigenvalue weighted by molar-refractivity contribution is 5.69. The topological polar surface area (TPSA) is 95.1 Å². The molecule has 37 heavy (non-hydrogen) atoms. The maximum Gasteiger partial charge on any atom is 0.433 e. The summed E-state index contributed by atoms with van der Waals surface area (Å²) in [5, 5.41) is 19.1. The summed E-state index contributed by atoms with van der Waals surface area (Å²) in [6, 6.07) is 18.9. The minimum Gasteiger partial charge on any atom is -0.482 e. The molecule has 2 heterocycles.